The number of hydrogen-bond acceptors (Lipinski definition) is 6. The number of fused-ring (bicyclic) bond motifs is 1. The van der Waals surface area contributed by atoms with E-state index in [0.717, 1.165) is 48.6 Å². The maximum Gasteiger partial charge on any atom is 0.260 e. The van der Waals surface area contributed by atoms with Gasteiger partial charge in [-0.15, -0.1) is 0 Å². The third kappa shape index (κ3) is 3.09. The number of anilines is 1. The smallest absolute Gasteiger partial charge is 0.260 e. The lowest BCUT2D eigenvalue weighted by atomic mass is 9.93. The highest BCUT2D eigenvalue weighted by molar-refractivity contribution is 7.15. The van der Waals surface area contributed by atoms with Crippen molar-refractivity contribution in [1.29, 1.82) is 0 Å². The van der Waals surface area contributed by atoms with Crippen molar-refractivity contribution in [2.45, 2.75) is 31.8 Å². The number of aromatic nitrogens is 3. The van der Waals surface area contributed by atoms with E-state index in [1.807, 2.05) is 7.05 Å². The number of rotatable bonds is 3. The third-order valence-corrected chi connectivity index (χ3v) is 5.49. The first-order chi connectivity index (χ1) is 11.7. The zero-order chi connectivity index (χ0) is 16.5. The van der Waals surface area contributed by atoms with Gasteiger partial charge in [0.15, 0.2) is 5.13 Å². The first-order valence-corrected chi connectivity index (χ1v) is 9.14. The fourth-order valence-electron chi connectivity index (χ4n) is 3.31. The van der Waals surface area contributed by atoms with Crippen LogP contribution in [-0.2, 0) is 24.8 Å². The van der Waals surface area contributed by atoms with Crippen LogP contribution in [0.4, 0.5) is 5.13 Å². The quantitative estimate of drug-likeness (QED) is 0.883. The van der Waals surface area contributed by atoms with Crippen molar-refractivity contribution in [3.8, 4) is 0 Å². The second-order valence-corrected chi connectivity index (χ2v) is 7.37. The second kappa shape index (κ2) is 6.62. The van der Waals surface area contributed by atoms with E-state index in [1.165, 1.54) is 11.3 Å². The van der Waals surface area contributed by atoms with E-state index in [4.69, 9.17) is 4.74 Å². The molecule has 0 aromatic carbocycles. The summed E-state index contributed by atoms with van der Waals surface area (Å²) in [5.74, 6) is 0.161. The van der Waals surface area contributed by atoms with Crippen LogP contribution in [0.5, 0.6) is 0 Å². The van der Waals surface area contributed by atoms with E-state index in [9.17, 15) is 4.79 Å². The number of aryl methyl sites for hydroxylation is 1. The zero-order valence-corrected chi connectivity index (χ0v) is 14.5. The van der Waals surface area contributed by atoms with Gasteiger partial charge in [0.25, 0.3) is 5.91 Å². The molecular weight excluding hydrogens is 326 g/mol. The summed E-state index contributed by atoms with van der Waals surface area (Å²) in [7, 11) is 1.86. The highest BCUT2D eigenvalue weighted by atomic mass is 32.1. The summed E-state index contributed by atoms with van der Waals surface area (Å²) in [6.45, 7) is 3.21. The molecule has 4 rings (SSSR count). The van der Waals surface area contributed by atoms with Gasteiger partial charge in [-0.25, -0.2) is 4.98 Å². The number of hydrogen-bond donors (Lipinski definition) is 2. The maximum atomic E-state index is 12.8. The molecule has 7 nitrogen and oxygen atoms in total. The van der Waals surface area contributed by atoms with Gasteiger partial charge in [0.1, 0.15) is 0 Å². The first-order valence-electron chi connectivity index (χ1n) is 8.32. The molecule has 128 valence electrons. The molecule has 0 saturated carbocycles. The number of nitrogens with zero attached hydrogens (tertiary/aromatic N) is 3. The molecule has 2 N–H and O–H groups in total. The van der Waals surface area contributed by atoms with E-state index in [1.54, 1.807) is 10.9 Å². The maximum absolute atomic E-state index is 12.8. The Morgan fingerprint density at radius 1 is 1.54 bits per heavy atom. The SMILES string of the molecule is Cn1cc(C(=O)Nc2nc3c(s2)COCC3)c(C2CCCNC2)n1. The van der Waals surface area contributed by atoms with Crippen molar-refractivity contribution < 1.29 is 9.53 Å². The van der Waals surface area contributed by atoms with Crippen molar-refractivity contribution in [2.24, 2.45) is 7.05 Å². The Morgan fingerprint density at radius 3 is 3.25 bits per heavy atom. The molecule has 0 bridgehead atoms. The minimum Gasteiger partial charge on any atom is -0.375 e. The number of nitrogens with one attached hydrogen (secondary N) is 2. The lowest BCUT2D eigenvalue weighted by molar-refractivity contribution is 0.102. The molecular formula is C16H21N5O2S. The molecule has 1 saturated heterocycles. The predicted molar refractivity (Wildman–Crippen MR) is 91.5 cm³/mol. The normalized spacial score (nSPS) is 20.6. The monoisotopic (exact) mass is 347 g/mol. The molecule has 8 heteroatoms. The molecule has 2 aromatic rings. The van der Waals surface area contributed by atoms with Crippen LogP contribution >= 0.6 is 11.3 Å². The van der Waals surface area contributed by atoms with Gasteiger partial charge in [0.2, 0.25) is 0 Å². The number of amides is 1. The number of ether oxygens (including phenoxy) is 1. The second-order valence-electron chi connectivity index (χ2n) is 6.29. The molecule has 0 spiro atoms. The van der Waals surface area contributed by atoms with Gasteiger partial charge >= 0.3 is 0 Å². The summed E-state index contributed by atoms with van der Waals surface area (Å²) >= 11 is 1.50. The van der Waals surface area contributed by atoms with Crippen LogP contribution < -0.4 is 10.6 Å². The molecule has 0 aliphatic carbocycles. The van der Waals surface area contributed by atoms with Gasteiger partial charge in [-0.2, -0.15) is 5.10 Å². The van der Waals surface area contributed by atoms with Crippen molar-refractivity contribution in [3.05, 3.63) is 28.0 Å². The van der Waals surface area contributed by atoms with E-state index in [-0.39, 0.29) is 5.91 Å². The van der Waals surface area contributed by atoms with E-state index in [2.05, 4.69) is 20.7 Å². The minimum absolute atomic E-state index is 0.129. The molecule has 2 aliphatic heterocycles. The largest absolute Gasteiger partial charge is 0.375 e. The van der Waals surface area contributed by atoms with E-state index >= 15 is 0 Å². The highest BCUT2D eigenvalue weighted by Crippen LogP contribution is 2.29. The number of carbonyl (C=O) groups is 1. The number of carbonyl (C=O) groups excluding carboxylic acids is 1. The molecule has 24 heavy (non-hydrogen) atoms. The Balaban J connectivity index is 1.54. The Hall–Kier alpha value is -1.77. The summed E-state index contributed by atoms with van der Waals surface area (Å²) in [5.41, 5.74) is 2.58. The standard InChI is InChI=1S/C16H21N5O2S/c1-21-8-11(14(20-21)10-3-2-5-17-7-10)15(22)19-16-18-12-4-6-23-9-13(12)24-16/h8,10,17H,2-7,9H2,1H3,(H,18,19,22). The van der Waals surface area contributed by atoms with Gasteiger partial charge in [-0.3, -0.25) is 14.8 Å². The third-order valence-electron chi connectivity index (χ3n) is 4.50. The van der Waals surface area contributed by atoms with Crippen molar-refractivity contribution in [2.75, 3.05) is 25.0 Å². The fourth-order valence-corrected chi connectivity index (χ4v) is 4.25. The molecule has 2 aromatic heterocycles. The lowest BCUT2D eigenvalue weighted by Crippen LogP contribution is -2.29. The molecule has 0 radical (unpaired) electrons. The summed E-state index contributed by atoms with van der Waals surface area (Å²) in [6.07, 6.45) is 4.79. The van der Waals surface area contributed by atoms with Crippen LogP contribution in [0, 0.1) is 0 Å². The number of piperidine rings is 1. The fraction of sp³-hybridized carbons (Fsp3) is 0.562. The average molecular weight is 347 g/mol. The van der Waals surface area contributed by atoms with E-state index in [0.29, 0.717) is 29.8 Å². The Morgan fingerprint density at radius 2 is 2.46 bits per heavy atom. The van der Waals surface area contributed by atoms with Crippen LogP contribution in [-0.4, -0.2) is 40.4 Å². The van der Waals surface area contributed by atoms with Crippen molar-refractivity contribution in [3.63, 3.8) is 0 Å². The molecule has 1 fully saturated rings. The first kappa shape index (κ1) is 15.7. The van der Waals surface area contributed by atoms with Crippen LogP contribution in [0.1, 0.15) is 45.4 Å². The topological polar surface area (TPSA) is 81.1 Å². The summed E-state index contributed by atoms with van der Waals surface area (Å²) in [6, 6.07) is 0. The van der Waals surface area contributed by atoms with Crippen molar-refractivity contribution >= 4 is 22.4 Å². The lowest BCUT2D eigenvalue weighted by Gasteiger charge is -2.21. The summed E-state index contributed by atoms with van der Waals surface area (Å²) < 4.78 is 7.16. The highest BCUT2D eigenvalue weighted by Gasteiger charge is 2.26. The Kier molecular flexibility index (Phi) is 4.34. The molecule has 1 amide bonds. The zero-order valence-electron chi connectivity index (χ0n) is 13.7. The molecule has 1 unspecified atom stereocenters. The van der Waals surface area contributed by atoms with Crippen molar-refractivity contribution in [1.82, 2.24) is 20.1 Å². The van der Waals surface area contributed by atoms with Crippen LogP contribution in [0.2, 0.25) is 0 Å². The van der Waals surface area contributed by atoms with Gasteiger partial charge < -0.3 is 10.1 Å². The Bertz CT molecular complexity index is 724. The van der Waals surface area contributed by atoms with Gasteiger partial charge in [0.05, 0.1) is 35.0 Å². The summed E-state index contributed by atoms with van der Waals surface area (Å²) in [4.78, 5) is 18.4. The van der Waals surface area contributed by atoms with Gasteiger partial charge in [-0.1, -0.05) is 11.3 Å². The van der Waals surface area contributed by atoms with Crippen LogP contribution in [0.3, 0.4) is 0 Å². The molecule has 4 heterocycles. The molecule has 2 aliphatic rings. The van der Waals surface area contributed by atoms with Crippen LogP contribution in [0.15, 0.2) is 6.20 Å². The minimum atomic E-state index is -0.129. The van der Waals surface area contributed by atoms with E-state index < -0.39 is 0 Å². The molecule has 1 atom stereocenters. The summed E-state index contributed by atoms with van der Waals surface area (Å²) in [5, 5.41) is 11.5. The van der Waals surface area contributed by atoms with Gasteiger partial charge in [0, 0.05) is 32.1 Å². The Labute approximate surface area is 144 Å². The van der Waals surface area contributed by atoms with Gasteiger partial charge in [-0.05, 0) is 19.4 Å². The number of thiazole rings is 1. The predicted octanol–water partition coefficient (Wildman–Crippen LogP) is 1.67. The average Bonchev–Trinajstić information content (AvgIpc) is 3.18. The van der Waals surface area contributed by atoms with Crippen LogP contribution in [0.25, 0.3) is 0 Å².